The van der Waals surface area contributed by atoms with Crippen molar-refractivity contribution in [3.05, 3.63) is 35.9 Å². The third kappa shape index (κ3) is 4.43. The first-order valence-corrected chi connectivity index (χ1v) is 9.23. The molecule has 0 spiro atoms. The number of amidine groups is 1. The van der Waals surface area contributed by atoms with Crippen molar-refractivity contribution in [3.8, 4) is 0 Å². The van der Waals surface area contributed by atoms with Crippen LogP contribution in [0.1, 0.15) is 68.1 Å². The molecule has 2 aliphatic rings. The smallest absolute Gasteiger partial charge is 0.182 e. The Morgan fingerprint density at radius 1 is 1.00 bits per heavy atom. The molecule has 23 heavy (non-hydrogen) atoms. The van der Waals surface area contributed by atoms with Gasteiger partial charge in [0.15, 0.2) is 5.78 Å². The fourth-order valence-electron chi connectivity index (χ4n) is 3.79. The minimum absolute atomic E-state index is 0.225. The van der Waals surface area contributed by atoms with Crippen LogP contribution in [0.15, 0.2) is 35.3 Å². The van der Waals surface area contributed by atoms with E-state index in [4.69, 9.17) is 4.99 Å². The minimum Gasteiger partial charge on any atom is -0.350 e. The summed E-state index contributed by atoms with van der Waals surface area (Å²) in [5.74, 6) is 1.42. The first-order valence-electron chi connectivity index (χ1n) is 9.23. The zero-order chi connectivity index (χ0) is 15.9. The van der Waals surface area contributed by atoms with Crippen LogP contribution < -0.4 is 0 Å². The monoisotopic (exact) mass is 312 g/mol. The number of aliphatic imine (C=N–C) groups is 1. The van der Waals surface area contributed by atoms with Crippen LogP contribution >= 0.6 is 0 Å². The summed E-state index contributed by atoms with van der Waals surface area (Å²) in [7, 11) is 0. The van der Waals surface area contributed by atoms with Gasteiger partial charge in [-0.1, -0.05) is 56.0 Å². The summed E-state index contributed by atoms with van der Waals surface area (Å²) in [6.45, 7) is 1.42. The molecule has 0 aromatic heterocycles. The second kappa shape index (κ2) is 8.28. The Kier molecular flexibility index (Phi) is 5.84. The van der Waals surface area contributed by atoms with E-state index in [-0.39, 0.29) is 5.78 Å². The van der Waals surface area contributed by atoms with Crippen molar-refractivity contribution < 1.29 is 4.79 Å². The van der Waals surface area contributed by atoms with Crippen LogP contribution in [-0.4, -0.2) is 35.7 Å². The van der Waals surface area contributed by atoms with Crippen LogP contribution in [0.4, 0.5) is 0 Å². The topological polar surface area (TPSA) is 32.7 Å². The highest BCUT2D eigenvalue weighted by atomic mass is 16.1. The van der Waals surface area contributed by atoms with Gasteiger partial charge < -0.3 is 4.90 Å². The summed E-state index contributed by atoms with van der Waals surface area (Å²) < 4.78 is 0. The summed E-state index contributed by atoms with van der Waals surface area (Å²) in [6.07, 6.45) is 11.0. The zero-order valence-electron chi connectivity index (χ0n) is 14.0. The number of hydrogen-bond donors (Lipinski definition) is 0. The van der Waals surface area contributed by atoms with Crippen LogP contribution in [0.3, 0.4) is 0 Å². The van der Waals surface area contributed by atoms with E-state index in [1.54, 1.807) is 0 Å². The Balaban J connectivity index is 1.76. The van der Waals surface area contributed by atoms with Crippen molar-refractivity contribution in [2.45, 2.75) is 63.8 Å². The SMILES string of the molecule is O=C(CN(C1=NCCCCC1)C1CCCCC1)c1ccccc1. The number of nitrogens with zero attached hydrogens (tertiary/aromatic N) is 2. The standard InChI is InChI=1S/C20H28N2O/c23-19(17-10-4-1-5-11-17)16-22(18-12-6-2-7-13-18)20-14-8-3-9-15-21-20/h1,4-5,10-11,18H,2-3,6-9,12-16H2. The molecule has 1 fully saturated rings. The molecule has 3 nitrogen and oxygen atoms in total. The molecule has 1 aromatic carbocycles. The van der Waals surface area contributed by atoms with E-state index in [0.717, 1.165) is 18.5 Å². The maximum Gasteiger partial charge on any atom is 0.182 e. The molecule has 1 aliphatic carbocycles. The van der Waals surface area contributed by atoms with Crippen molar-refractivity contribution in [2.24, 2.45) is 4.99 Å². The molecule has 0 bridgehead atoms. The summed E-state index contributed by atoms with van der Waals surface area (Å²) in [5, 5.41) is 0. The van der Waals surface area contributed by atoms with Crippen molar-refractivity contribution >= 4 is 11.6 Å². The van der Waals surface area contributed by atoms with Crippen molar-refractivity contribution in [2.75, 3.05) is 13.1 Å². The number of rotatable bonds is 4. The zero-order valence-corrected chi connectivity index (χ0v) is 14.0. The second-order valence-corrected chi connectivity index (χ2v) is 6.82. The number of carbonyl (C=O) groups is 1. The van der Waals surface area contributed by atoms with Gasteiger partial charge in [-0.05, 0) is 25.7 Å². The quantitative estimate of drug-likeness (QED) is 0.768. The molecule has 1 saturated carbocycles. The van der Waals surface area contributed by atoms with Gasteiger partial charge in [-0.25, -0.2) is 0 Å². The summed E-state index contributed by atoms with van der Waals surface area (Å²) in [5.41, 5.74) is 0.822. The lowest BCUT2D eigenvalue weighted by Crippen LogP contribution is -2.44. The lowest BCUT2D eigenvalue weighted by molar-refractivity contribution is 0.0934. The van der Waals surface area contributed by atoms with Crippen molar-refractivity contribution in [3.63, 3.8) is 0 Å². The Bertz CT molecular complexity index is 532. The van der Waals surface area contributed by atoms with Gasteiger partial charge in [0, 0.05) is 24.6 Å². The Labute approximate surface area is 139 Å². The minimum atomic E-state index is 0.225. The highest BCUT2D eigenvalue weighted by molar-refractivity contribution is 6.00. The van der Waals surface area contributed by atoms with Crippen molar-refractivity contribution in [1.29, 1.82) is 0 Å². The van der Waals surface area contributed by atoms with Gasteiger partial charge in [-0.15, -0.1) is 0 Å². The number of benzene rings is 1. The molecular formula is C20H28N2O. The van der Waals surface area contributed by atoms with Crippen molar-refractivity contribution in [1.82, 2.24) is 4.90 Å². The maximum atomic E-state index is 12.7. The van der Waals surface area contributed by atoms with E-state index >= 15 is 0 Å². The van der Waals surface area contributed by atoms with E-state index < -0.39 is 0 Å². The molecule has 3 rings (SSSR count). The fraction of sp³-hybridized carbons (Fsp3) is 0.600. The highest BCUT2D eigenvalue weighted by Gasteiger charge is 2.26. The first-order chi connectivity index (χ1) is 11.3. The molecule has 0 atom stereocenters. The van der Waals surface area contributed by atoms with E-state index in [1.165, 1.54) is 57.2 Å². The van der Waals surface area contributed by atoms with E-state index in [0.29, 0.717) is 12.6 Å². The van der Waals surface area contributed by atoms with Crippen LogP contribution in [0.25, 0.3) is 0 Å². The maximum absolute atomic E-state index is 12.7. The van der Waals surface area contributed by atoms with E-state index in [9.17, 15) is 4.79 Å². The van der Waals surface area contributed by atoms with Gasteiger partial charge in [-0.2, -0.15) is 0 Å². The number of hydrogen-bond acceptors (Lipinski definition) is 3. The van der Waals surface area contributed by atoms with Crippen LogP contribution in [-0.2, 0) is 0 Å². The lowest BCUT2D eigenvalue weighted by atomic mass is 9.93. The predicted octanol–water partition coefficient (Wildman–Crippen LogP) is 4.48. The summed E-state index contributed by atoms with van der Waals surface area (Å²) in [4.78, 5) is 19.9. The summed E-state index contributed by atoms with van der Waals surface area (Å²) >= 11 is 0. The third-order valence-corrected chi connectivity index (χ3v) is 5.11. The molecule has 0 amide bonds. The number of carbonyl (C=O) groups excluding carboxylic acids is 1. The second-order valence-electron chi connectivity index (χ2n) is 6.82. The van der Waals surface area contributed by atoms with E-state index in [2.05, 4.69) is 4.90 Å². The molecule has 0 radical (unpaired) electrons. The number of ketones is 1. The van der Waals surface area contributed by atoms with E-state index in [1.807, 2.05) is 30.3 Å². The van der Waals surface area contributed by atoms with Gasteiger partial charge in [0.05, 0.1) is 12.4 Å². The molecular weight excluding hydrogens is 284 g/mol. The van der Waals surface area contributed by atoms with Gasteiger partial charge in [0.1, 0.15) is 0 Å². The first kappa shape index (κ1) is 16.2. The predicted molar refractivity (Wildman–Crippen MR) is 95.1 cm³/mol. The molecule has 1 aromatic rings. The van der Waals surface area contributed by atoms with Crippen LogP contribution in [0, 0.1) is 0 Å². The molecule has 0 N–H and O–H groups in total. The molecule has 0 unspecified atom stereocenters. The van der Waals surface area contributed by atoms with Crippen LogP contribution in [0.2, 0.25) is 0 Å². The third-order valence-electron chi connectivity index (χ3n) is 5.11. The van der Waals surface area contributed by atoms with Crippen LogP contribution in [0.5, 0.6) is 0 Å². The average molecular weight is 312 g/mol. The van der Waals surface area contributed by atoms with Gasteiger partial charge >= 0.3 is 0 Å². The van der Waals surface area contributed by atoms with Gasteiger partial charge in [-0.3, -0.25) is 9.79 Å². The Morgan fingerprint density at radius 3 is 2.52 bits per heavy atom. The van der Waals surface area contributed by atoms with Gasteiger partial charge in [0.2, 0.25) is 0 Å². The lowest BCUT2D eigenvalue weighted by Gasteiger charge is -2.36. The normalized spacial score (nSPS) is 19.7. The molecule has 1 heterocycles. The fourth-order valence-corrected chi connectivity index (χ4v) is 3.79. The molecule has 124 valence electrons. The molecule has 0 saturated heterocycles. The molecule has 1 aliphatic heterocycles. The average Bonchev–Trinajstić information content (AvgIpc) is 2.90. The molecule has 3 heteroatoms. The largest absolute Gasteiger partial charge is 0.350 e. The number of Topliss-reactive ketones (excluding diaryl/α,β-unsaturated/α-hetero) is 1. The Morgan fingerprint density at radius 2 is 1.74 bits per heavy atom. The highest BCUT2D eigenvalue weighted by Crippen LogP contribution is 2.25. The summed E-state index contributed by atoms with van der Waals surface area (Å²) in [6, 6.07) is 10.2. The van der Waals surface area contributed by atoms with Gasteiger partial charge in [0.25, 0.3) is 0 Å². The Hall–Kier alpha value is -1.64.